The lowest BCUT2D eigenvalue weighted by Crippen LogP contribution is -2.48. The number of benzene rings is 2. The van der Waals surface area contributed by atoms with Crippen molar-refractivity contribution in [1.29, 1.82) is 0 Å². The van der Waals surface area contributed by atoms with Crippen molar-refractivity contribution in [2.45, 2.75) is 32.4 Å². The summed E-state index contributed by atoms with van der Waals surface area (Å²) in [6, 6.07) is 10.1. The zero-order valence-electron chi connectivity index (χ0n) is 15.1. The summed E-state index contributed by atoms with van der Waals surface area (Å²) >= 11 is 12.5. The molecule has 0 saturated carbocycles. The van der Waals surface area contributed by atoms with Crippen molar-refractivity contribution in [3.05, 3.63) is 69.5 Å². The fourth-order valence-electron chi connectivity index (χ4n) is 2.82. The first kappa shape index (κ1) is 21.2. The number of carbonyl (C=O) groups excluding carboxylic acids is 2. The Hall–Kier alpha value is -2.11. The summed E-state index contributed by atoms with van der Waals surface area (Å²) in [5.41, 5.74) is 1.24. The van der Waals surface area contributed by atoms with Crippen molar-refractivity contribution >= 4 is 35.0 Å². The van der Waals surface area contributed by atoms with Gasteiger partial charge in [-0.05, 0) is 36.2 Å². The molecule has 1 N–H and O–H groups in total. The molecule has 0 heterocycles. The monoisotopic (exact) mass is 410 g/mol. The molecule has 0 bridgehead atoms. The molecule has 2 amide bonds. The average Bonchev–Trinajstić information content (AvgIpc) is 2.65. The highest BCUT2D eigenvalue weighted by molar-refractivity contribution is 6.36. The largest absolute Gasteiger partial charge is 0.357 e. The fourth-order valence-corrected chi connectivity index (χ4v) is 3.34. The molecule has 1 atom stereocenters. The smallest absolute Gasteiger partial charge is 0.242 e. The van der Waals surface area contributed by atoms with Crippen molar-refractivity contribution in [1.82, 2.24) is 10.2 Å². The molecule has 27 heavy (non-hydrogen) atoms. The van der Waals surface area contributed by atoms with Gasteiger partial charge in [-0.3, -0.25) is 9.59 Å². The molecule has 0 aliphatic heterocycles. The van der Waals surface area contributed by atoms with Crippen LogP contribution in [0.15, 0.2) is 42.5 Å². The molecule has 4 nitrogen and oxygen atoms in total. The van der Waals surface area contributed by atoms with Crippen LogP contribution in [0.2, 0.25) is 10.0 Å². The average molecular weight is 411 g/mol. The van der Waals surface area contributed by atoms with E-state index in [0.717, 1.165) is 0 Å². The molecule has 0 unspecified atom stereocenters. The Morgan fingerprint density at radius 2 is 1.70 bits per heavy atom. The van der Waals surface area contributed by atoms with Gasteiger partial charge in [-0.15, -0.1) is 0 Å². The molecule has 0 fully saturated rings. The summed E-state index contributed by atoms with van der Waals surface area (Å²) < 4.78 is 13.1. The van der Waals surface area contributed by atoms with Crippen molar-refractivity contribution in [3.63, 3.8) is 0 Å². The third kappa shape index (κ3) is 5.44. The maximum absolute atomic E-state index is 13.1. The number of nitrogens with zero attached hydrogens (tertiary/aromatic N) is 1. The predicted octanol–water partition coefficient (Wildman–Crippen LogP) is 4.23. The number of hydrogen-bond acceptors (Lipinski definition) is 2. The summed E-state index contributed by atoms with van der Waals surface area (Å²) in [7, 11) is 1.52. The van der Waals surface area contributed by atoms with Gasteiger partial charge in [0.1, 0.15) is 11.9 Å². The standard InChI is InChI=1S/C20H21Cl2FN2O2/c1-3-18(20(27)24-2)25(12-15-16(21)5-4-6-17(15)22)19(26)11-13-7-9-14(23)10-8-13/h4-10,18H,3,11-12H2,1-2H3,(H,24,27)/t18-/m0/s1. The Kier molecular flexibility index (Phi) is 7.63. The second kappa shape index (κ2) is 9.72. The van der Waals surface area contributed by atoms with Crippen LogP contribution in [0.3, 0.4) is 0 Å². The molecule has 0 aromatic heterocycles. The van der Waals surface area contributed by atoms with Crippen LogP contribution in [0.25, 0.3) is 0 Å². The van der Waals surface area contributed by atoms with Gasteiger partial charge in [0, 0.05) is 29.2 Å². The van der Waals surface area contributed by atoms with Crippen molar-refractivity contribution in [3.8, 4) is 0 Å². The van der Waals surface area contributed by atoms with Crippen LogP contribution in [0.4, 0.5) is 4.39 Å². The van der Waals surface area contributed by atoms with Gasteiger partial charge >= 0.3 is 0 Å². The third-order valence-electron chi connectivity index (χ3n) is 4.29. The highest BCUT2D eigenvalue weighted by Gasteiger charge is 2.29. The first-order valence-electron chi connectivity index (χ1n) is 8.55. The SMILES string of the molecule is CC[C@@H](C(=O)NC)N(Cc1c(Cl)cccc1Cl)C(=O)Cc1ccc(F)cc1. The summed E-state index contributed by atoms with van der Waals surface area (Å²) in [5, 5.41) is 3.44. The van der Waals surface area contributed by atoms with E-state index >= 15 is 0 Å². The van der Waals surface area contributed by atoms with Gasteiger partial charge in [-0.25, -0.2) is 4.39 Å². The van der Waals surface area contributed by atoms with E-state index in [-0.39, 0.29) is 30.6 Å². The molecule has 0 aliphatic carbocycles. The summed E-state index contributed by atoms with van der Waals surface area (Å²) in [4.78, 5) is 26.8. The second-order valence-corrected chi connectivity index (χ2v) is 6.88. The van der Waals surface area contributed by atoms with E-state index < -0.39 is 6.04 Å². The van der Waals surface area contributed by atoms with Crippen molar-refractivity contribution in [2.24, 2.45) is 0 Å². The normalized spacial score (nSPS) is 11.7. The lowest BCUT2D eigenvalue weighted by Gasteiger charge is -2.31. The number of likely N-dealkylation sites (N-methyl/N-ethyl adjacent to an activating group) is 1. The first-order chi connectivity index (χ1) is 12.9. The van der Waals surface area contributed by atoms with Gasteiger partial charge in [-0.2, -0.15) is 0 Å². The molecule has 144 valence electrons. The molecule has 0 aliphatic rings. The van der Waals surface area contributed by atoms with Crippen LogP contribution in [0.5, 0.6) is 0 Å². The van der Waals surface area contributed by atoms with E-state index in [0.29, 0.717) is 27.6 Å². The van der Waals surface area contributed by atoms with Gasteiger partial charge < -0.3 is 10.2 Å². The van der Waals surface area contributed by atoms with Crippen LogP contribution in [-0.4, -0.2) is 29.8 Å². The Morgan fingerprint density at radius 3 is 2.22 bits per heavy atom. The summed E-state index contributed by atoms with van der Waals surface area (Å²) in [6.45, 7) is 1.93. The lowest BCUT2D eigenvalue weighted by atomic mass is 10.1. The molecule has 0 radical (unpaired) electrons. The van der Waals surface area contributed by atoms with Crippen LogP contribution in [0, 0.1) is 5.82 Å². The minimum Gasteiger partial charge on any atom is -0.357 e. The molecule has 7 heteroatoms. The highest BCUT2D eigenvalue weighted by Crippen LogP contribution is 2.27. The molecule has 0 saturated heterocycles. The Labute approximate surface area is 168 Å². The Morgan fingerprint density at radius 1 is 1.11 bits per heavy atom. The van der Waals surface area contributed by atoms with Gasteiger partial charge in [-0.1, -0.05) is 48.3 Å². The maximum Gasteiger partial charge on any atom is 0.242 e. The van der Waals surface area contributed by atoms with Gasteiger partial charge in [0.2, 0.25) is 11.8 Å². The van der Waals surface area contributed by atoms with Gasteiger partial charge in [0.05, 0.1) is 6.42 Å². The van der Waals surface area contributed by atoms with Crippen LogP contribution >= 0.6 is 23.2 Å². The van der Waals surface area contributed by atoms with E-state index in [1.165, 1.54) is 24.1 Å². The first-order valence-corrected chi connectivity index (χ1v) is 9.31. The fraction of sp³-hybridized carbons (Fsp3) is 0.300. The zero-order chi connectivity index (χ0) is 20.0. The Balaban J connectivity index is 2.34. The van der Waals surface area contributed by atoms with Gasteiger partial charge in [0.15, 0.2) is 0 Å². The Bertz CT molecular complexity index is 792. The van der Waals surface area contributed by atoms with Crippen LogP contribution in [-0.2, 0) is 22.6 Å². The minimum absolute atomic E-state index is 0.0375. The van der Waals surface area contributed by atoms with E-state index in [2.05, 4.69) is 5.32 Å². The van der Waals surface area contributed by atoms with Crippen LogP contribution < -0.4 is 5.32 Å². The number of carbonyl (C=O) groups is 2. The van der Waals surface area contributed by atoms with Gasteiger partial charge in [0.25, 0.3) is 0 Å². The second-order valence-electron chi connectivity index (χ2n) is 6.06. The molecular formula is C20H21Cl2FN2O2. The zero-order valence-corrected chi connectivity index (χ0v) is 16.6. The molecular weight excluding hydrogens is 390 g/mol. The third-order valence-corrected chi connectivity index (χ3v) is 5.00. The van der Waals surface area contributed by atoms with E-state index in [1.54, 1.807) is 30.3 Å². The van der Waals surface area contributed by atoms with E-state index in [1.807, 2.05) is 6.92 Å². The number of rotatable bonds is 7. The van der Waals surface area contributed by atoms with Crippen molar-refractivity contribution < 1.29 is 14.0 Å². The van der Waals surface area contributed by atoms with Crippen LogP contribution in [0.1, 0.15) is 24.5 Å². The molecule has 0 spiro atoms. The minimum atomic E-state index is -0.671. The number of halogens is 3. The summed E-state index contributed by atoms with van der Waals surface area (Å²) in [5.74, 6) is -0.913. The van der Waals surface area contributed by atoms with Crippen molar-refractivity contribution in [2.75, 3.05) is 7.05 Å². The lowest BCUT2D eigenvalue weighted by molar-refractivity contribution is -0.140. The maximum atomic E-state index is 13.1. The van der Waals surface area contributed by atoms with E-state index in [9.17, 15) is 14.0 Å². The predicted molar refractivity (Wildman–Crippen MR) is 105 cm³/mol. The number of hydrogen-bond donors (Lipinski definition) is 1. The van der Waals surface area contributed by atoms with E-state index in [4.69, 9.17) is 23.2 Å². The molecule has 2 aromatic carbocycles. The highest BCUT2D eigenvalue weighted by atomic mass is 35.5. The molecule has 2 rings (SSSR count). The molecule has 2 aromatic rings. The quantitative estimate of drug-likeness (QED) is 0.742. The number of amides is 2. The topological polar surface area (TPSA) is 49.4 Å². The summed E-state index contributed by atoms with van der Waals surface area (Å²) in [6.07, 6.45) is 0.465. The number of nitrogens with one attached hydrogen (secondary N) is 1.